The first-order valence-corrected chi connectivity index (χ1v) is 16.1. The quantitative estimate of drug-likeness (QED) is 0.185. The van der Waals surface area contributed by atoms with Crippen molar-refractivity contribution in [2.24, 2.45) is 0 Å². The fraction of sp³-hybridized carbons (Fsp3) is 0.359. The largest absolute Gasteiger partial charge is 1.00 e. The van der Waals surface area contributed by atoms with Gasteiger partial charge in [0, 0.05) is 47.1 Å². The van der Waals surface area contributed by atoms with Gasteiger partial charge in [-0.3, -0.25) is 0 Å². The number of pyridine rings is 3. The van der Waals surface area contributed by atoms with E-state index in [1.165, 1.54) is 61.0 Å². The molecule has 0 unspecified atom stereocenters. The van der Waals surface area contributed by atoms with E-state index in [0.29, 0.717) is 0 Å². The highest BCUT2D eigenvalue weighted by atomic mass is 79.9. The van der Waals surface area contributed by atoms with E-state index < -0.39 is 0 Å². The maximum atomic E-state index is 4.81. The van der Waals surface area contributed by atoms with E-state index in [9.17, 15) is 0 Å². The van der Waals surface area contributed by atoms with Crippen molar-refractivity contribution in [1.29, 1.82) is 0 Å². The summed E-state index contributed by atoms with van der Waals surface area (Å²) in [5, 5.41) is 8.73. The molecule has 0 aliphatic heterocycles. The van der Waals surface area contributed by atoms with Crippen molar-refractivity contribution in [3.8, 4) is 0 Å². The minimum absolute atomic E-state index is 0. The molecule has 5 aromatic rings. The molecule has 6 heteroatoms. The van der Waals surface area contributed by atoms with Gasteiger partial charge < -0.3 is 27.6 Å². The first-order valence-electron chi connectivity index (χ1n) is 16.1. The molecule has 3 heterocycles. The highest BCUT2D eigenvalue weighted by molar-refractivity contribution is 5.75. The molecule has 0 radical (unpaired) electrons. The van der Waals surface area contributed by atoms with Crippen LogP contribution in [0.25, 0.3) is 10.9 Å². The number of hydrogen-bond acceptors (Lipinski definition) is 4. The van der Waals surface area contributed by atoms with Gasteiger partial charge in [0.2, 0.25) is 5.52 Å². The summed E-state index contributed by atoms with van der Waals surface area (Å²) in [6.45, 7) is 19.8. The topological polar surface area (TPSA) is 53.7 Å². The molecule has 0 saturated carbocycles. The summed E-state index contributed by atoms with van der Waals surface area (Å²) in [6, 6.07) is 19.6. The number of aromatic nitrogens is 3. The highest BCUT2D eigenvalue weighted by Gasteiger charge is 2.24. The zero-order valence-corrected chi connectivity index (χ0v) is 29.8. The average molecular weight is 667 g/mol. The van der Waals surface area contributed by atoms with Gasteiger partial charge in [-0.25, -0.2) is 9.97 Å². The van der Waals surface area contributed by atoms with E-state index in [-0.39, 0.29) is 17.0 Å². The maximum absolute atomic E-state index is 4.81. The van der Waals surface area contributed by atoms with Crippen molar-refractivity contribution in [3.05, 3.63) is 122 Å². The van der Waals surface area contributed by atoms with E-state index in [4.69, 9.17) is 9.97 Å². The lowest BCUT2D eigenvalue weighted by atomic mass is 9.83. The molecule has 236 valence electrons. The number of nitrogens with zero attached hydrogens (tertiary/aromatic N) is 3. The minimum Gasteiger partial charge on any atom is -1.00 e. The molecule has 5 rings (SSSR count). The fourth-order valence-electron chi connectivity index (χ4n) is 6.98. The molecule has 5 nitrogen and oxygen atoms in total. The molecule has 0 aliphatic carbocycles. The van der Waals surface area contributed by atoms with Gasteiger partial charge in [-0.1, -0.05) is 32.9 Å². The standard InChI is InChI=1S/C39H48N5.BrH/c1-9-31-34(21-40-38-19-25(4)16-28(7)42-38)32(10-2)36(24-44-23-27(6)18-30-14-12-13-15-37(30)44)33(11-3)35(31)22-41-39-20-26(5)17-29(8)43-39;/h12-20,23H,9-11,21-22,24H2,1-8H3,(H,40,42)(H,41,43);1H/q+1;/p-1. The van der Waals surface area contributed by atoms with Crippen LogP contribution in [-0.2, 0) is 38.9 Å². The number of fused-ring (bicyclic) bond motifs is 1. The van der Waals surface area contributed by atoms with Crippen LogP contribution >= 0.6 is 0 Å². The Morgan fingerprint density at radius 2 is 1.07 bits per heavy atom. The van der Waals surface area contributed by atoms with Gasteiger partial charge in [-0.05, 0) is 129 Å². The molecule has 2 N–H and O–H groups in total. The Labute approximate surface area is 280 Å². The van der Waals surface area contributed by atoms with Crippen LogP contribution < -0.4 is 32.2 Å². The Balaban J connectivity index is 0.00000461. The summed E-state index contributed by atoms with van der Waals surface area (Å²) >= 11 is 0. The maximum Gasteiger partial charge on any atom is 0.212 e. The lowest BCUT2D eigenvalue weighted by Crippen LogP contribution is -3.00. The molecule has 0 fully saturated rings. The summed E-state index contributed by atoms with van der Waals surface area (Å²) < 4.78 is 2.45. The molecule has 0 amide bonds. The van der Waals surface area contributed by atoms with Crippen LogP contribution in [0.1, 0.15) is 82.2 Å². The summed E-state index contributed by atoms with van der Waals surface area (Å²) in [7, 11) is 0. The number of halogens is 1. The normalized spacial score (nSPS) is 11.0. The van der Waals surface area contributed by atoms with Crippen LogP contribution in [0.2, 0.25) is 0 Å². The summed E-state index contributed by atoms with van der Waals surface area (Å²) in [4.78, 5) is 9.61. The Kier molecular flexibility index (Phi) is 11.4. The Morgan fingerprint density at radius 3 is 1.56 bits per heavy atom. The first kappa shape index (κ1) is 34.1. The van der Waals surface area contributed by atoms with Crippen LogP contribution in [-0.4, -0.2) is 9.97 Å². The number of rotatable bonds is 11. The van der Waals surface area contributed by atoms with E-state index in [1.54, 1.807) is 0 Å². The molecule has 0 atom stereocenters. The van der Waals surface area contributed by atoms with Crippen molar-refractivity contribution in [1.82, 2.24) is 9.97 Å². The van der Waals surface area contributed by atoms with Crippen LogP contribution in [0.3, 0.4) is 0 Å². The third kappa shape index (κ3) is 7.73. The van der Waals surface area contributed by atoms with Gasteiger partial charge in [0.15, 0.2) is 12.7 Å². The molecule has 0 aliphatic rings. The van der Waals surface area contributed by atoms with Crippen molar-refractivity contribution >= 4 is 22.5 Å². The second-order valence-electron chi connectivity index (χ2n) is 12.2. The highest BCUT2D eigenvalue weighted by Crippen LogP contribution is 2.32. The number of anilines is 2. The molecule has 0 bridgehead atoms. The average Bonchev–Trinajstić information content (AvgIpc) is 2.97. The minimum atomic E-state index is 0. The van der Waals surface area contributed by atoms with Gasteiger partial charge in [-0.2, -0.15) is 4.57 Å². The number of aryl methyl sites for hydroxylation is 5. The molecule has 2 aromatic carbocycles. The number of para-hydroxylation sites is 1. The van der Waals surface area contributed by atoms with Gasteiger partial charge in [0.25, 0.3) is 0 Å². The third-order valence-electron chi connectivity index (χ3n) is 8.65. The zero-order chi connectivity index (χ0) is 31.4. The van der Waals surface area contributed by atoms with Crippen molar-refractivity contribution in [2.45, 2.75) is 94.3 Å². The Hall–Kier alpha value is -3.77. The van der Waals surface area contributed by atoms with Crippen LogP contribution in [0.4, 0.5) is 11.6 Å². The molecular formula is C39H48BrN5. The molecule has 45 heavy (non-hydrogen) atoms. The van der Waals surface area contributed by atoms with Crippen LogP contribution in [0, 0.1) is 34.6 Å². The van der Waals surface area contributed by atoms with Gasteiger partial charge in [0.05, 0.1) is 0 Å². The molecule has 0 saturated heterocycles. The van der Waals surface area contributed by atoms with Crippen molar-refractivity contribution < 1.29 is 21.5 Å². The Bertz CT molecular complexity index is 1690. The van der Waals surface area contributed by atoms with Gasteiger partial charge in [0.1, 0.15) is 11.6 Å². The Morgan fingerprint density at radius 1 is 0.578 bits per heavy atom. The van der Waals surface area contributed by atoms with E-state index in [1.807, 2.05) is 0 Å². The third-order valence-corrected chi connectivity index (χ3v) is 8.65. The summed E-state index contributed by atoms with van der Waals surface area (Å²) in [5.41, 5.74) is 15.7. The number of nitrogens with one attached hydrogen (secondary N) is 2. The van der Waals surface area contributed by atoms with Gasteiger partial charge >= 0.3 is 0 Å². The van der Waals surface area contributed by atoms with Gasteiger partial charge in [-0.15, -0.1) is 0 Å². The number of benzene rings is 2. The van der Waals surface area contributed by atoms with E-state index in [0.717, 1.165) is 61.9 Å². The fourth-order valence-corrected chi connectivity index (χ4v) is 6.98. The molecule has 3 aromatic heterocycles. The zero-order valence-electron chi connectivity index (χ0n) is 28.2. The second kappa shape index (κ2) is 15.0. The predicted molar refractivity (Wildman–Crippen MR) is 185 cm³/mol. The lowest BCUT2D eigenvalue weighted by molar-refractivity contribution is -0.662. The second-order valence-corrected chi connectivity index (χ2v) is 12.2. The van der Waals surface area contributed by atoms with Crippen LogP contribution in [0.5, 0.6) is 0 Å². The summed E-state index contributed by atoms with van der Waals surface area (Å²) in [6.07, 6.45) is 5.23. The monoisotopic (exact) mass is 665 g/mol. The first-order chi connectivity index (χ1) is 21.2. The smallest absolute Gasteiger partial charge is 0.212 e. The summed E-state index contributed by atoms with van der Waals surface area (Å²) in [5.74, 6) is 1.87. The predicted octanol–water partition coefficient (Wildman–Crippen LogP) is 5.42. The van der Waals surface area contributed by atoms with E-state index >= 15 is 0 Å². The van der Waals surface area contributed by atoms with E-state index in [2.05, 4.69) is 131 Å². The van der Waals surface area contributed by atoms with Crippen molar-refractivity contribution in [3.63, 3.8) is 0 Å². The molecular weight excluding hydrogens is 618 g/mol. The van der Waals surface area contributed by atoms with Crippen molar-refractivity contribution in [2.75, 3.05) is 10.6 Å². The molecule has 0 spiro atoms. The van der Waals surface area contributed by atoms with Crippen LogP contribution in [0.15, 0.2) is 60.8 Å². The number of hydrogen-bond donors (Lipinski definition) is 2. The SMILES string of the molecule is CCc1c(CNc2cc(C)cc(C)n2)c(CC)c(C[n+]2cc(C)cc3ccccc32)c(CC)c1CNc1cc(C)cc(C)n1.[Br-]. The lowest BCUT2D eigenvalue weighted by Gasteiger charge is -2.26.